The third-order valence-electron chi connectivity index (χ3n) is 4.41. The molecule has 3 aromatic rings. The highest BCUT2D eigenvalue weighted by Gasteiger charge is 2.07. The van der Waals surface area contributed by atoms with Gasteiger partial charge in [0.05, 0.1) is 25.1 Å². The fraction of sp³-hybridized carbons (Fsp3) is 0.304. The van der Waals surface area contributed by atoms with Gasteiger partial charge in [0.15, 0.2) is 11.5 Å². The van der Waals surface area contributed by atoms with Crippen molar-refractivity contribution in [1.29, 1.82) is 0 Å². The Balaban J connectivity index is 1.67. The molecule has 1 N–H and O–H groups in total. The second-order valence-corrected chi connectivity index (χ2v) is 7.55. The van der Waals surface area contributed by atoms with E-state index in [2.05, 4.69) is 54.5 Å². The van der Waals surface area contributed by atoms with E-state index in [1.54, 1.807) is 6.21 Å². The Kier molecular flexibility index (Phi) is 7.25. The van der Waals surface area contributed by atoms with Gasteiger partial charge in [0, 0.05) is 10.9 Å². The maximum atomic E-state index is 5.73. The number of hydrogen-bond donors (Lipinski definition) is 1. The highest BCUT2D eigenvalue weighted by Crippen LogP contribution is 2.29. The van der Waals surface area contributed by atoms with Crippen LogP contribution in [0.15, 0.2) is 46.9 Å². The molecule has 0 spiro atoms. The van der Waals surface area contributed by atoms with Crippen LogP contribution in [-0.4, -0.2) is 24.4 Å². The van der Waals surface area contributed by atoms with Crippen molar-refractivity contribution < 1.29 is 9.47 Å². The van der Waals surface area contributed by atoms with Gasteiger partial charge in [-0.25, -0.2) is 4.98 Å². The predicted octanol–water partition coefficient (Wildman–Crippen LogP) is 6.06. The first kappa shape index (κ1) is 20.9. The second-order valence-electron chi connectivity index (χ2n) is 6.69. The highest BCUT2D eigenvalue weighted by atomic mass is 32.1. The Hall–Kier alpha value is -2.86. The van der Waals surface area contributed by atoms with Gasteiger partial charge in [0.25, 0.3) is 0 Å². The predicted molar refractivity (Wildman–Crippen MR) is 122 cm³/mol. The monoisotopic (exact) mass is 409 g/mol. The molecule has 0 unspecified atom stereocenters. The van der Waals surface area contributed by atoms with E-state index in [9.17, 15) is 0 Å². The minimum Gasteiger partial charge on any atom is -0.490 e. The van der Waals surface area contributed by atoms with Gasteiger partial charge in [-0.1, -0.05) is 19.1 Å². The Morgan fingerprint density at radius 2 is 1.90 bits per heavy atom. The number of nitrogens with one attached hydrogen (secondary N) is 1. The molecule has 0 aliphatic rings. The SMILES string of the molecule is CCCOc1ccc(/C=N\Nc2nc(-c3ccc(C)c(C)c3)cs2)cc1OCC. The molecule has 0 saturated heterocycles. The van der Waals surface area contributed by atoms with E-state index >= 15 is 0 Å². The molecular weight excluding hydrogens is 382 g/mol. The summed E-state index contributed by atoms with van der Waals surface area (Å²) in [4.78, 5) is 4.63. The van der Waals surface area contributed by atoms with Gasteiger partial charge < -0.3 is 9.47 Å². The molecule has 0 aliphatic carbocycles. The third kappa shape index (κ3) is 5.57. The van der Waals surface area contributed by atoms with Crippen molar-refractivity contribution in [2.75, 3.05) is 18.6 Å². The molecule has 1 aromatic heterocycles. The summed E-state index contributed by atoms with van der Waals surface area (Å²) < 4.78 is 11.4. The number of thiazole rings is 1. The van der Waals surface area contributed by atoms with E-state index in [4.69, 9.17) is 9.47 Å². The van der Waals surface area contributed by atoms with Crippen molar-refractivity contribution in [3.8, 4) is 22.8 Å². The van der Waals surface area contributed by atoms with E-state index in [1.807, 2.05) is 30.5 Å². The van der Waals surface area contributed by atoms with Crippen LogP contribution in [-0.2, 0) is 0 Å². The van der Waals surface area contributed by atoms with Crippen molar-refractivity contribution in [3.05, 3.63) is 58.5 Å². The molecule has 0 saturated carbocycles. The molecule has 3 rings (SSSR count). The summed E-state index contributed by atoms with van der Waals surface area (Å²) in [7, 11) is 0. The lowest BCUT2D eigenvalue weighted by Crippen LogP contribution is -2.00. The molecular formula is C23H27N3O2S. The van der Waals surface area contributed by atoms with Gasteiger partial charge in [-0.15, -0.1) is 11.3 Å². The van der Waals surface area contributed by atoms with Crippen LogP contribution < -0.4 is 14.9 Å². The normalized spacial score (nSPS) is 11.0. The standard InChI is InChI=1S/C23H27N3O2S/c1-5-11-28-21-10-8-18(13-22(21)27-6-2)14-24-26-23-25-20(15-29-23)19-9-7-16(3)17(4)12-19/h7-10,12-15H,5-6,11H2,1-4H3,(H,25,26)/b24-14-. The zero-order valence-corrected chi connectivity index (χ0v) is 18.2. The number of hydrogen-bond acceptors (Lipinski definition) is 6. The number of rotatable bonds is 9. The molecule has 152 valence electrons. The quantitative estimate of drug-likeness (QED) is 0.345. The second kappa shape index (κ2) is 10.1. The first-order valence-electron chi connectivity index (χ1n) is 9.82. The molecule has 0 atom stereocenters. The van der Waals surface area contributed by atoms with Gasteiger partial charge >= 0.3 is 0 Å². The van der Waals surface area contributed by atoms with Crippen LogP contribution >= 0.6 is 11.3 Å². The maximum absolute atomic E-state index is 5.73. The lowest BCUT2D eigenvalue weighted by Gasteiger charge is -2.11. The van der Waals surface area contributed by atoms with Crippen molar-refractivity contribution in [1.82, 2.24) is 4.98 Å². The van der Waals surface area contributed by atoms with Crippen LogP contribution in [0.1, 0.15) is 37.0 Å². The molecule has 0 radical (unpaired) electrons. The number of anilines is 1. The molecule has 2 aromatic carbocycles. The Morgan fingerprint density at radius 1 is 1.03 bits per heavy atom. The van der Waals surface area contributed by atoms with E-state index in [0.29, 0.717) is 13.2 Å². The fourth-order valence-electron chi connectivity index (χ4n) is 2.72. The average Bonchev–Trinajstić information content (AvgIpc) is 3.18. The zero-order valence-electron chi connectivity index (χ0n) is 17.4. The van der Waals surface area contributed by atoms with Crippen LogP contribution in [0.4, 0.5) is 5.13 Å². The zero-order chi connectivity index (χ0) is 20.6. The smallest absolute Gasteiger partial charge is 0.203 e. The van der Waals surface area contributed by atoms with Gasteiger partial charge in [-0.3, -0.25) is 5.43 Å². The summed E-state index contributed by atoms with van der Waals surface area (Å²) in [6, 6.07) is 12.2. The molecule has 0 aliphatic heterocycles. The average molecular weight is 410 g/mol. The number of aryl methyl sites for hydroxylation is 2. The van der Waals surface area contributed by atoms with Crippen molar-refractivity contribution in [2.24, 2.45) is 5.10 Å². The van der Waals surface area contributed by atoms with E-state index in [0.717, 1.165) is 39.9 Å². The minimum atomic E-state index is 0.585. The van der Waals surface area contributed by atoms with Crippen molar-refractivity contribution in [3.63, 3.8) is 0 Å². The Bertz CT molecular complexity index is 982. The molecule has 0 bridgehead atoms. The van der Waals surface area contributed by atoms with E-state index in [1.165, 1.54) is 22.5 Å². The maximum Gasteiger partial charge on any atom is 0.203 e. The van der Waals surface area contributed by atoms with E-state index < -0.39 is 0 Å². The molecule has 6 heteroatoms. The highest BCUT2D eigenvalue weighted by molar-refractivity contribution is 7.14. The first-order valence-corrected chi connectivity index (χ1v) is 10.7. The van der Waals surface area contributed by atoms with Gasteiger partial charge in [-0.05, 0) is 68.1 Å². The summed E-state index contributed by atoms with van der Waals surface area (Å²) in [5.41, 5.74) is 8.55. The fourth-order valence-corrected chi connectivity index (χ4v) is 3.39. The number of aromatic nitrogens is 1. The summed E-state index contributed by atoms with van der Waals surface area (Å²) in [5, 5.41) is 7.11. The molecule has 0 fully saturated rings. The number of ether oxygens (including phenoxy) is 2. The number of hydrazone groups is 1. The minimum absolute atomic E-state index is 0.585. The lowest BCUT2D eigenvalue weighted by atomic mass is 10.1. The first-order chi connectivity index (χ1) is 14.1. The molecule has 1 heterocycles. The van der Waals surface area contributed by atoms with Gasteiger partial charge in [-0.2, -0.15) is 5.10 Å². The Morgan fingerprint density at radius 3 is 2.66 bits per heavy atom. The van der Waals surface area contributed by atoms with Crippen LogP contribution in [0.2, 0.25) is 0 Å². The lowest BCUT2D eigenvalue weighted by molar-refractivity contribution is 0.277. The summed E-state index contributed by atoms with van der Waals surface area (Å²) in [6.07, 6.45) is 2.71. The van der Waals surface area contributed by atoms with Crippen LogP contribution in [0.3, 0.4) is 0 Å². The topological polar surface area (TPSA) is 55.7 Å². The summed E-state index contributed by atoms with van der Waals surface area (Å²) >= 11 is 1.53. The van der Waals surface area contributed by atoms with Crippen LogP contribution in [0.5, 0.6) is 11.5 Å². The van der Waals surface area contributed by atoms with Crippen LogP contribution in [0.25, 0.3) is 11.3 Å². The third-order valence-corrected chi connectivity index (χ3v) is 5.16. The van der Waals surface area contributed by atoms with Gasteiger partial charge in [0.1, 0.15) is 0 Å². The number of benzene rings is 2. The number of nitrogens with zero attached hydrogens (tertiary/aromatic N) is 2. The summed E-state index contributed by atoms with van der Waals surface area (Å²) in [5.74, 6) is 1.49. The molecule has 29 heavy (non-hydrogen) atoms. The molecule has 5 nitrogen and oxygen atoms in total. The van der Waals surface area contributed by atoms with Crippen LogP contribution in [0, 0.1) is 13.8 Å². The van der Waals surface area contributed by atoms with Gasteiger partial charge in [0.2, 0.25) is 5.13 Å². The summed E-state index contributed by atoms with van der Waals surface area (Å²) in [6.45, 7) is 9.52. The Labute approximate surface area is 176 Å². The van der Waals surface area contributed by atoms with Crippen molar-refractivity contribution >= 4 is 22.7 Å². The van der Waals surface area contributed by atoms with Crippen molar-refractivity contribution in [2.45, 2.75) is 34.1 Å². The largest absolute Gasteiger partial charge is 0.490 e. The molecule has 0 amide bonds. The van der Waals surface area contributed by atoms with E-state index in [-0.39, 0.29) is 0 Å².